The molecule has 1 N–H and O–H groups in total. The van der Waals surface area contributed by atoms with E-state index in [0.717, 1.165) is 18.8 Å². The molecule has 2 aromatic rings. The molecule has 1 amide bonds. The summed E-state index contributed by atoms with van der Waals surface area (Å²) in [6.07, 6.45) is 3.59. The van der Waals surface area contributed by atoms with Gasteiger partial charge in [-0.2, -0.15) is 11.3 Å². The van der Waals surface area contributed by atoms with Gasteiger partial charge in [-0.05, 0) is 22.4 Å². The Kier molecular flexibility index (Phi) is 4.87. The third-order valence-electron chi connectivity index (χ3n) is 3.79. The van der Waals surface area contributed by atoms with Crippen molar-refractivity contribution in [1.29, 1.82) is 0 Å². The highest BCUT2D eigenvalue weighted by Gasteiger charge is 2.29. The van der Waals surface area contributed by atoms with E-state index in [9.17, 15) is 4.79 Å². The molecule has 0 fully saturated rings. The number of nitrogens with one attached hydrogen (secondary N) is 1. The van der Waals surface area contributed by atoms with Crippen LogP contribution in [0.4, 0.5) is 0 Å². The SMILES string of the molecule is COCCNC(=O)C1CN(Cc2ccsc2)Cc2cncn21. The lowest BCUT2D eigenvalue weighted by atomic mass is 10.1. The maximum atomic E-state index is 12.4. The van der Waals surface area contributed by atoms with Crippen molar-refractivity contribution < 1.29 is 9.53 Å². The molecule has 0 saturated heterocycles. The number of carbonyl (C=O) groups is 1. The number of carbonyl (C=O) groups excluding carboxylic acids is 1. The molecule has 6 nitrogen and oxygen atoms in total. The Hall–Kier alpha value is -1.70. The summed E-state index contributed by atoms with van der Waals surface area (Å²) in [7, 11) is 1.63. The minimum absolute atomic E-state index is 0.0197. The van der Waals surface area contributed by atoms with Crippen LogP contribution in [0.2, 0.25) is 0 Å². The van der Waals surface area contributed by atoms with Crippen LogP contribution in [0, 0.1) is 0 Å². The van der Waals surface area contributed by atoms with E-state index in [2.05, 4.69) is 32.0 Å². The molecular weight excluding hydrogens is 300 g/mol. The van der Waals surface area contributed by atoms with E-state index < -0.39 is 0 Å². The van der Waals surface area contributed by atoms with E-state index >= 15 is 0 Å². The summed E-state index contributed by atoms with van der Waals surface area (Å²) in [6, 6.07) is 1.89. The van der Waals surface area contributed by atoms with Gasteiger partial charge in [0, 0.05) is 39.5 Å². The Morgan fingerprint density at radius 1 is 1.59 bits per heavy atom. The quantitative estimate of drug-likeness (QED) is 0.814. The molecule has 0 saturated carbocycles. The number of amides is 1. The number of fused-ring (bicyclic) bond motifs is 1. The van der Waals surface area contributed by atoms with Gasteiger partial charge in [-0.3, -0.25) is 9.69 Å². The first kappa shape index (κ1) is 15.2. The monoisotopic (exact) mass is 320 g/mol. The molecule has 0 aliphatic carbocycles. The molecule has 2 aromatic heterocycles. The van der Waals surface area contributed by atoms with Crippen LogP contribution in [0.25, 0.3) is 0 Å². The van der Waals surface area contributed by atoms with Crippen molar-refractivity contribution >= 4 is 17.2 Å². The zero-order valence-electron chi connectivity index (χ0n) is 12.6. The Morgan fingerprint density at radius 3 is 3.27 bits per heavy atom. The number of nitrogens with zero attached hydrogens (tertiary/aromatic N) is 3. The summed E-state index contributed by atoms with van der Waals surface area (Å²) >= 11 is 1.70. The molecule has 0 aromatic carbocycles. The Labute approximate surface area is 133 Å². The molecule has 1 atom stereocenters. The molecular formula is C15H20N4O2S. The predicted octanol–water partition coefficient (Wildman–Crippen LogP) is 1.26. The number of imidazole rings is 1. The topological polar surface area (TPSA) is 59.4 Å². The van der Waals surface area contributed by atoms with E-state index in [1.54, 1.807) is 24.8 Å². The fourth-order valence-electron chi connectivity index (χ4n) is 2.73. The van der Waals surface area contributed by atoms with Gasteiger partial charge in [0.1, 0.15) is 6.04 Å². The van der Waals surface area contributed by atoms with Gasteiger partial charge in [0.25, 0.3) is 0 Å². The van der Waals surface area contributed by atoms with Crippen LogP contribution in [0.3, 0.4) is 0 Å². The normalized spacial score (nSPS) is 18.1. The summed E-state index contributed by atoms with van der Waals surface area (Å²) in [5, 5.41) is 7.16. The molecule has 1 aliphatic heterocycles. The van der Waals surface area contributed by atoms with Crippen molar-refractivity contribution in [2.75, 3.05) is 26.8 Å². The molecule has 1 unspecified atom stereocenters. The summed E-state index contributed by atoms with van der Waals surface area (Å²) in [6.45, 7) is 3.42. The molecule has 1 aliphatic rings. The second kappa shape index (κ2) is 7.04. The smallest absolute Gasteiger partial charge is 0.244 e. The van der Waals surface area contributed by atoms with Crippen LogP contribution in [-0.2, 0) is 22.6 Å². The van der Waals surface area contributed by atoms with Gasteiger partial charge < -0.3 is 14.6 Å². The highest BCUT2D eigenvalue weighted by Crippen LogP contribution is 2.23. The number of rotatable bonds is 6. The van der Waals surface area contributed by atoms with Crippen LogP contribution in [0.5, 0.6) is 0 Å². The number of hydrogen-bond acceptors (Lipinski definition) is 5. The van der Waals surface area contributed by atoms with Gasteiger partial charge in [0.2, 0.25) is 5.91 Å². The Morgan fingerprint density at radius 2 is 2.50 bits per heavy atom. The summed E-state index contributed by atoms with van der Waals surface area (Å²) in [4.78, 5) is 18.9. The first-order chi connectivity index (χ1) is 10.8. The van der Waals surface area contributed by atoms with E-state index in [1.807, 2.05) is 10.8 Å². The van der Waals surface area contributed by atoms with Gasteiger partial charge in [0.15, 0.2) is 0 Å². The lowest BCUT2D eigenvalue weighted by molar-refractivity contribution is -0.125. The van der Waals surface area contributed by atoms with E-state index in [4.69, 9.17) is 4.74 Å². The number of thiophene rings is 1. The highest BCUT2D eigenvalue weighted by molar-refractivity contribution is 7.07. The average Bonchev–Trinajstić information content (AvgIpc) is 3.17. The maximum absolute atomic E-state index is 12.4. The Bertz CT molecular complexity index is 611. The largest absolute Gasteiger partial charge is 0.383 e. The van der Waals surface area contributed by atoms with Crippen molar-refractivity contribution in [3.63, 3.8) is 0 Å². The summed E-state index contributed by atoms with van der Waals surface area (Å²) in [5.74, 6) is 0.0197. The third-order valence-corrected chi connectivity index (χ3v) is 4.53. The highest BCUT2D eigenvalue weighted by atomic mass is 32.1. The first-order valence-electron chi connectivity index (χ1n) is 7.28. The molecule has 118 valence electrons. The molecule has 0 radical (unpaired) electrons. The minimum Gasteiger partial charge on any atom is -0.383 e. The van der Waals surface area contributed by atoms with Crippen LogP contribution in [0.1, 0.15) is 17.3 Å². The molecule has 0 bridgehead atoms. The summed E-state index contributed by atoms with van der Waals surface area (Å²) in [5.41, 5.74) is 2.37. The molecule has 7 heteroatoms. The number of aromatic nitrogens is 2. The van der Waals surface area contributed by atoms with Gasteiger partial charge in [-0.15, -0.1) is 0 Å². The molecule has 3 rings (SSSR count). The van der Waals surface area contributed by atoms with Crippen LogP contribution >= 0.6 is 11.3 Å². The lowest BCUT2D eigenvalue weighted by Crippen LogP contribution is -2.44. The minimum atomic E-state index is -0.234. The fraction of sp³-hybridized carbons (Fsp3) is 0.467. The van der Waals surface area contributed by atoms with Gasteiger partial charge in [0.05, 0.1) is 18.6 Å². The van der Waals surface area contributed by atoms with Crippen molar-refractivity contribution in [3.05, 3.63) is 40.6 Å². The van der Waals surface area contributed by atoms with Gasteiger partial charge in [-0.25, -0.2) is 4.98 Å². The zero-order chi connectivity index (χ0) is 15.4. The van der Waals surface area contributed by atoms with Crippen molar-refractivity contribution in [2.24, 2.45) is 0 Å². The van der Waals surface area contributed by atoms with E-state index in [0.29, 0.717) is 19.7 Å². The lowest BCUT2D eigenvalue weighted by Gasteiger charge is -2.33. The van der Waals surface area contributed by atoms with Crippen LogP contribution < -0.4 is 5.32 Å². The second-order valence-corrected chi connectivity index (χ2v) is 6.17. The molecule has 3 heterocycles. The van der Waals surface area contributed by atoms with Crippen LogP contribution in [-0.4, -0.2) is 47.2 Å². The standard InChI is InChI=1S/C15H20N4O2S/c1-21-4-3-17-15(20)14-9-18(7-12-2-5-22-10-12)8-13-6-16-11-19(13)14/h2,5-6,10-11,14H,3-4,7-9H2,1H3,(H,17,20). The average molecular weight is 320 g/mol. The second-order valence-electron chi connectivity index (χ2n) is 5.39. The molecule has 0 spiro atoms. The zero-order valence-corrected chi connectivity index (χ0v) is 13.4. The number of methoxy groups -OCH3 is 1. The van der Waals surface area contributed by atoms with E-state index in [-0.39, 0.29) is 11.9 Å². The van der Waals surface area contributed by atoms with Gasteiger partial charge >= 0.3 is 0 Å². The van der Waals surface area contributed by atoms with Crippen LogP contribution in [0.15, 0.2) is 29.4 Å². The van der Waals surface area contributed by atoms with Crippen molar-refractivity contribution in [3.8, 4) is 0 Å². The predicted molar refractivity (Wildman–Crippen MR) is 84.6 cm³/mol. The maximum Gasteiger partial charge on any atom is 0.244 e. The Balaban J connectivity index is 1.70. The van der Waals surface area contributed by atoms with E-state index in [1.165, 1.54) is 5.56 Å². The number of ether oxygens (including phenoxy) is 1. The molecule has 22 heavy (non-hydrogen) atoms. The van der Waals surface area contributed by atoms with Crippen molar-refractivity contribution in [1.82, 2.24) is 19.8 Å². The number of hydrogen-bond donors (Lipinski definition) is 1. The van der Waals surface area contributed by atoms with Gasteiger partial charge in [-0.1, -0.05) is 0 Å². The summed E-state index contributed by atoms with van der Waals surface area (Å²) < 4.78 is 6.96. The first-order valence-corrected chi connectivity index (χ1v) is 8.23. The van der Waals surface area contributed by atoms with Crippen molar-refractivity contribution in [2.45, 2.75) is 19.1 Å². The fourth-order valence-corrected chi connectivity index (χ4v) is 3.39. The third kappa shape index (κ3) is 3.37.